The van der Waals surface area contributed by atoms with Crippen LogP contribution in [-0.2, 0) is 6.54 Å². The zero-order valence-electron chi connectivity index (χ0n) is 21.0. The molecule has 8 nitrogen and oxygen atoms in total. The maximum absolute atomic E-state index is 14.5. The number of amides is 1. The molecular weight excluding hydrogens is 488 g/mol. The molecule has 2 aromatic heterocycles. The van der Waals surface area contributed by atoms with Crippen molar-refractivity contribution in [3.8, 4) is 0 Å². The highest BCUT2D eigenvalue weighted by Crippen LogP contribution is 2.49. The van der Waals surface area contributed by atoms with Crippen molar-refractivity contribution in [1.82, 2.24) is 25.3 Å². The Labute approximate surface area is 218 Å². The number of H-pyrrole nitrogens is 1. The Morgan fingerprint density at radius 1 is 1.16 bits per heavy atom. The van der Waals surface area contributed by atoms with Gasteiger partial charge in [-0.3, -0.25) is 9.79 Å². The first-order chi connectivity index (χ1) is 18.2. The molecule has 0 spiro atoms. The summed E-state index contributed by atoms with van der Waals surface area (Å²) in [5.74, 6) is -0.176. The van der Waals surface area contributed by atoms with Crippen LogP contribution in [0, 0.1) is 17.0 Å². The molecule has 10 heteroatoms. The third-order valence-electron chi connectivity index (χ3n) is 6.61. The standard InChI is InChI=1S/C28H27F2N7O/c1-28(2)10-18(11-28)25-36-23-24(34-15-35-26(23)37-25)27(38)33-13-16-7-17(9-21(30)8-16)19(12-31)14-32-22-5-3-20(29)4-6-22/h3-9,12,14-15,18H,10-11,13,31H2,1-2H3,(H,33,38)(H,34,35,36,37). The molecule has 1 saturated carbocycles. The van der Waals surface area contributed by atoms with Crippen LogP contribution in [0.25, 0.3) is 16.7 Å². The Kier molecular flexibility index (Phi) is 6.71. The van der Waals surface area contributed by atoms with Gasteiger partial charge in [0.2, 0.25) is 0 Å². The number of allylic oxidation sites excluding steroid dienone is 1. The minimum atomic E-state index is -0.493. The summed E-state index contributed by atoms with van der Waals surface area (Å²) in [4.78, 5) is 33.5. The summed E-state index contributed by atoms with van der Waals surface area (Å²) in [6.45, 7) is 4.49. The van der Waals surface area contributed by atoms with Gasteiger partial charge in [-0.1, -0.05) is 13.8 Å². The lowest BCUT2D eigenvalue weighted by atomic mass is 9.64. The van der Waals surface area contributed by atoms with E-state index in [-0.39, 0.29) is 23.5 Å². The molecule has 0 bridgehead atoms. The van der Waals surface area contributed by atoms with E-state index < -0.39 is 11.7 Å². The highest BCUT2D eigenvalue weighted by molar-refractivity contribution is 6.10. The van der Waals surface area contributed by atoms with Crippen LogP contribution in [0.3, 0.4) is 0 Å². The van der Waals surface area contributed by atoms with Crippen molar-refractivity contribution in [2.75, 3.05) is 0 Å². The summed E-state index contributed by atoms with van der Waals surface area (Å²) < 4.78 is 27.6. The van der Waals surface area contributed by atoms with Gasteiger partial charge < -0.3 is 16.0 Å². The summed E-state index contributed by atoms with van der Waals surface area (Å²) in [7, 11) is 0. The predicted molar refractivity (Wildman–Crippen MR) is 142 cm³/mol. The molecule has 4 N–H and O–H groups in total. The van der Waals surface area contributed by atoms with Gasteiger partial charge in [0, 0.05) is 30.5 Å². The van der Waals surface area contributed by atoms with Gasteiger partial charge in [-0.05, 0) is 71.8 Å². The average molecular weight is 516 g/mol. The zero-order valence-corrected chi connectivity index (χ0v) is 21.0. The minimum Gasteiger partial charge on any atom is -0.404 e. The van der Waals surface area contributed by atoms with Crippen LogP contribution in [0.2, 0.25) is 0 Å². The molecule has 0 saturated heterocycles. The number of hydrogen-bond acceptors (Lipinski definition) is 6. The number of nitrogens with zero attached hydrogens (tertiary/aromatic N) is 4. The molecule has 38 heavy (non-hydrogen) atoms. The summed E-state index contributed by atoms with van der Waals surface area (Å²) in [6.07, 6.45) is 6.11. The van der Waals surface area contributed by atoms with Gasteiger partial charge in [-0.15, -0.1) is 0 Å². The number of fused-ring (bicyclic) bond motifs is 1. The molecule has 1 fully saturated rings. The van der Waals surface area contributed by atoms with Crippen LogP contribution in [0.5, 0.6) is 0 Å². The molecule has 0 radical (unpaired) electrons. The van der Waals surface area contributed by atoms with E-state index >= 15 is 0 Å². The second kappa shape index (κ2) is 10.1. The smallest absolute Gasteiger partial charge is 0.272 e. The maximum Gasteiger partial charge on any atom is 0.272 e. The third kappa shape index (κ3) is 5.44. The van der Waals surface area contributed by atoms with Crippen molar-refractivity contribution in [2.45, 2.75) is 39.2 Å². The van der Waals surface area contributed by atoms with Gasteiger partial charge in [0.15, 0.2) is 11.3 Å². The summed E-state index contributed by atoms with van der Waals surface area (Å²) in [5, 5.41) is 2.80. The van der Waals surface area contributed by atoms with Gasteiger partial charge in [-0.25, -0.2) is 23.7 Å². The Hall–Kier alpha value is -4.47. The topological polar surface area (TPSA) is 122 Å². The number of hydrogen-bond donors (Lipinski definition) is 3. The van der Waals surface area contributed by atoms with E-state index in [1.165, 1.54) is 55.1 Å². The zero-order chi connectivity index (χ0) is 26.9. The Morgan fingerprint density at radius 3 is 2.63 bits per heavy atom. The highest BCUT2D eigenvalue weighted by atomic mass is 19.1. The number of benzene rings is 2. The van der Waals surface area contributed by atoms with Crippen molar-refractivity contribution < 1.29 is 13.6 Å². The first kappa shape index (κ1) is 25.2. The number of halogens is 2. The van der Waals surface area contributed by atoms with Crippen LogP contribution < -0.4 is 11.1 Å². The Balaban J connectivity index is 1.31. The fourth-order valence-corrected chi connectivity index (χ4v) is 4.75. The molecule has 0 unspecified atom stereocenters. The normalized spacial score (nSPS) is 15.6. The average Bonchev–Trinajstić information content (AvgIpc) is 3.31. The van der Waals surface area contributed by atoms with Crippen molar-refractivity contribution in [2.24, 2.45) is 16.1 Å². The van der Waals surface area contributed by atoms with Gasteiger partial charge in [-0.2, -0.15) is 0 Å². The van der Waals surface area contributed by atoms with Crippen LogP contribution in [0.15, 0.2) is 60.0 Å². The first-order valence-corrected chi connectivity index (χ1v) is 12.2. The molecule has 2 aromatic carbocycles. The highest BCUT2D eigenvalue weighted by Gasteiger charge is 2.38. The number of imidazole rings is 1. The number of nitrogens with two attached hydrogens (primary N) is 1. The quantitative estimate of drug-likeness (QED) is 0.293. The van der Waals surface area contributed by atoms with E-state index in [0.29, 0.717) is 39.5 Å². The van der Waals surface area contributed by atoms with Crippen molar-refractivity contribution in [1.29, 1.82) is 0 Å². The number of aromatic nitrogens is 4. The van der Waals surface area contributed by atoms with Crippen molar-refractivity contribution >= 4 is 34.5 Å². The summed E-state index contributed by atoms with van der Waals surface area (Å²) in [5.41, 5.74) is 9.14. The second-order valence-electron chi connectivity index (χ2n) is 10.2. The minimum absolute atomic E-state index is 0.0554. The summed E-state index contributed by atoms with van der Waals surface area (Å²) in [6, 6.07) is 10.00. The van der Waals surface area contributed by atoms with Gasteiger partial charge in [0.1, 0.15) is 29.3 Å². The third-order valence-corrected chi connectivity index (χ3v) is 6.61. The molecular formula is C28H27F2N7O. The number of aromatic amines is 1. The first-order valence-electron chi connectivity index (χ1n) is 12.2. The van der Waals surface area contributed by atoms with E-state index in [0.717, 1.165) is 18.7 Å². The number of carbonyl (C=O) groups is 1. The van der Waals surface area contributed by atoms with Crippen LogP contribution in [-0.4, -0.2) is 32.1 Å². The number of carbonyl (C=O) groups excluding carboxylic acids is 1. The Morgan fingerprint density at radius 2 is 1.92 bits per heavy atom. The van der Waals surface area contributed by atoms with E-state index in [1.54, 1.807) is 6.07 Å². The SMILES string of the molecule is CC1(C)CC(c2nc3ncnc(C(=O)NCc4cc(F)cc(C(C=Nc5ccc(F)cc5)=CN)c4)c3[nH]2)C1. The predicted octanol–water partition coefficient (Wildman–Crippen LogP) is 5.17. The monoisotopic (exact) mass is 515 g/mol. The van der Waals surface area contributed by atoms with Crippen molar-refractivity contribution in [3.05, 3.63) is 89.3 Å². The molecule has 2 heterocycles. The number of aliphatic imine (C=N–C) groups is 1. The molecule has 1 amide bonds. The lowest BCUT2D eigenvalue weighted by Crippen LogP contribution is -2.30. The fraction of sp³-hybridized carbons (Fsp3) is 0.250. The van der Waals surface area contributed by atoms with Crippen LogP contribution >= 0.6 is 0 Å². The maximum atomic E-state index is 14.5. The lowest BCUT2D eigenvalue weighted by Gasteiger charge is -2.41. The lowest BCUT2D eigenvalue weighted by molar-refractivity contribution is 0.0947. The molecule has 4 aromatic rings. The molecule has 0 atom stereocenters. The van der Waals surface area contributed by atoms with Crippen molar-refractivity contribution in [3.63, 3.8) is 0 Å². The van der Waals surface area contributed by atoms with E-state index in [9.17, 15) is 13.6 Å². The second-order valence-corrected chi connectivity index (χ2v) is 10.2. The molecule has 0 aliphatic heterocycles. The van der Waals surface area contributed by atoms with E-state index in [2.05, 4.69) is 44.1 Å². The van der Waals surface area contributed by atoms with Crippen LogP contribution in [0.1, 0.15) is 60.0 Å². The number of nitrogens with one attached hydrogen (secondary N) is 2. The van der Waals surface area contributed by atoms with Gasteiger partial charge in [0.05, 0.1) is 5.69 Å². The fourth-order valence-electron chi connectivity index (χ4n) is 4.75. The van der Waals surface area contributed by atoms with Crippen LogP contribution in [0.4, 0.5) is 14.5 Å². The van der Waals surface area contributed by atoms with E-state index in [1.807, 2.05) is 0 Å². The Bertz CT molecular complexity index is 1550. The number of rotatable bonds is 7. The van der Waals surface area contributed by atoms with E-state index in [4.69, 9.17) is 5.73 Å². The largest absolute Gasteiger partial charge is 0.404 e. The molecule has 5 rings (SSSR count). The molecule has 1 aliphatic carbocycles. The van der Waals surface area contributed by atoms with Gasteiger partial charge >= 0.3 is 0 Å². The molecule has 1 aliphatic rings. The summed E-state index contributed by atoms with van der Waals surface area (Å²) >= 11 is 0. The molecule has 194 valence electrons. The van der Waals surface area contributed by atoms with Gasteiger partial charge in [0.25, 0.3) is 5.91 Å².